The van der Waals surface area contributed by atoms with Gasteiger partial charge in [0, 0.05) is 11.6 Å². The number of carbonyl (C=O) groups excluding carboxylic acids is 2. The molecule has 29 heavy (non-hydrogen) atoms. The van der Waals surface area contributed by atoms with Crippen LogP contribution in [0.5, 0.6) is 17.2 Å². The maximum absolute atomic E-state index is 13.2. The van der Waals surface area contributed by atoms with E-state index in [1.807, 2.05) is 32.0 Å². The van der Waals surface area contributed by atoms with Crippen molar-refractivity contribution in [3.05, 3.63) is 52.6 Å². The van der Waals surface area contributed by atoms with Crippen LogP contribution in [-0.4, -0.2) is 30.8 Å². The maximum atomic E-state index is 13.2. The molecule has 2 amide bonds. The van der Waals surface area contributed by atoms with E-state index in [1.165, 1.54) is 18.1 Å². The van der Waals surface area contributed by atoms with Crippen LogP contribution in [0, 0.1) is 13.8 Å². The summed E-state index contributed by atoms with van der Waals surface area (Å²) in [6.07, 6.45) is 1.47. The Morgan fingerprint density at radius 1 is 1.07 bits per heavy atom. The first-order valence-corrected chi connectivity index (χ1v) is 9.25. The summed E-state index contributed by atoms with van der Waals surface area (Å²) in [5, 5.41) is 2.63. The number of benzene rings is 2. The quantitative estimate of drug-likeness (QED) is 0.476. The molecule has 0 unspecified atom stereocenters. The van der Waals surface area contributed by atoms with E-state index >= 15 is 0 Å². The zero-order valence-electron chi connectivity index (χ0n) is 16.1. The minimum absolute atomic E-state index is 0.0415. The van der Waals surface area contributed by atoms with Crippen LogP contribution in [0.15, 0.2) is 35.9 Å². The summed E-state index contributed by atoms with van der Waals surface area (Å²) in [7, 11) is 1.50. The summed E-state index contributed by atoms with van der Waals surface area (Å²) < 4.78 is 16.1. The van der Waals surface area contributed by atoms with E-state index in [0.29, 0.717) is 28.5 Å². The van der Waals surface area contributed by atoms with Crippen LogP contribution >= 0.6 is 12.2 Å². The Morgan fingerprint density at radius 2 is 1.72 bits per heavy atom. The number of thiocarbonyl (C=S) groups is 1. The van der Waals surface area contributed by atoms with Crippen molar-refractivity contribution in [3.8, 4) is 17.2 Å². The van der Waals surface area contributed by atoms with Gasteiger partial charge in [0.1, 0.15) is 11.3 Å². The third-order valence-corrected chi connectivity index (χ3v) is 4.88. The second-order valence-corrected chi connectivity index (χ2v) is 7.14. The molecule has 0 aliphatic carbocycles. The predicted octanol–water partition coefficient (Wildman–Crippen LogP) is 2.87. The Morgan fingerprint density at radius 3 is 2.38 bits per heavy atom. The van der Waals surface area contributed by atoms with Crippen LogP contribution in [0.4, 0.5) is 5.69 Å². The van der Waals surface area contributed by atoms with Gasteiger partial charge in [0.05, 0.1) is 12.8 Å². The van der Waals surface area contributed by atoms with Crippen LogP contribution in [0.25, 0.3) is 6.08 Å². The summed E-state index contributed by atoms with van der Waals surface area (Å²) in [4.78, 5) is 27.1. The van der Waals surface area contributed by atoms with Gasteiger partial charge in [-0.2, -0.15) is 0 Å². The van der Waals surface area contributed by atoms with E-state index in [1.54, 1.807) is 12.1 Å². The minimum atomic E-state index is -0.569. The molecule has 2 aliphatic heterocycles. The molecule has 2 heterocycles. The Hall–Kier alpha value is -3.39. The van der Waals surface area contributed by atoms with Crippen LogP contribution in [0.3, 0.4) is 0 Å². The SMILES string of the molecule is COc1cc2c(cc1/C=C1/C(=O)NC(=S)N(c3cc(C)cc(C)c3)C1=O)OCO2. The number of hydrogen-bond donors (Lipinski definition) is 1. The van der Waals surface area contributed by atoms with Crippen molar-refractivity contribution in [2.75, 3.05) is 18.8 Å². The van der Waals surface area contributed by atoms with Gasteiger partial charge in [-0.25, -0.2) is 0 Å². The van der Waals surface area contributed by atoms with Gasteiger partial charge in [-0.15, -0.1) is 0 Å². The number of hydrogen-bond acceptors (Lipinski definition) is 6. The Labute approximate surface area is 172 Å². The molecule has 1 fully saturated rings. The van der Waals surface area contributed by atoms with Gasteiger partial charge in [-0.3, -0.25) is 19.8 Å². The largest absolute Gasteiger partial charge is 0.496 e. The first-order valence-electron chi connectivity index (χ1n) is 8.85. The number of anilines is 1. The van der Waals surface area contributed by atoms with Gasteiger partial charge in [0.25, 0.3) is 11.8 Å². The number of fused-ring (bicyclic) bond motifs is 1. The molecule has 4 rings (SSSR count). The van der Waals surface area contributed by atoms with Crippen LogP contribution in [0.1, 0.15) is 16.7 Å². The van der Waals surface area contributed by atoms with Gasteiger partial charge in [0.2, 0.25) is 6.79 Å². The molecule has 8 heteroatoms. The fourth-order valence-corrected chi connectivity index (χ4v) is 3.64. The first kappa shape index (κ1) is 18.9. The molecule has 148 valence electrons. The second-order valence-electron chi connectivity index (χ2n) is 6.75. The van der Waals surface area contributed by atoms with Crippen molar-refractivity contribution >= 4 is 40.9 Å². The number of aryl methyl sites for hydroxylation is 2. The molecule has 0 aromatic heterocycles. The van der Waals surface area contributed by atoms with Gasteiger partial charge in [-0.05, 0) is 61.5 Å². The van der Waals surface area contributed by atoms with Crippen molar-refractivity contribution in [1.82, 2.24) is 5.32 Å². The highest BCUT2D eigenvalue weighted by Gasteiger charge is 2.35. The number of methoxy groups -OCH3 is 1. The molecule has 0 atom stereocenters. The molecule has 1 N–H and O–H groups in total. The first-order chi connectivity index (χ1) is 13.9. The topological polar surface area (TPSA) is 77.1 Å². The van der Waals surface area contributed by atoms with Crippen LogP contribution in [0.2, 0.25) is 0 Å². The van der Waals surface area contributed by atoms with Crippen LogP contribution in [-0.2, 0) is 9.59 Å². The molecule has 2 aromatic rings. The lowest BCUT2D eigenvalue weighted by atomic mass is 10.0. The van der Waals surface area contributed by atoms with Crippen molar-refractivity contribution in [1.29, 1.82) is 0 Å². The Kier molecular flexibility index (Phi) is 4.71. The third-order valence-electron chi connectivity index (χ3n) is 4.59. The maximum Gasteiger partial charge on any atom is 0.270 e. The molecule has 0 spiro atoms. The van der Waals surface area contributed by atoms with E-state index in [2.05, 4.69) is 5.32 Å². The zero-order chi connectivity index (χ0) is 20.7. The molecule has 2 aliphatic rings. The third kappa shape index (κ3) is 3.42. The number of rotatable bonds is 3. The lowest BCUT2D eigenvalue weighted by molar-refractivity contribution is -0.122. The van der Waals surface area contributed by atoms with Crippen molar-refractivity contribution in [2.45, 2.75) is 13.8 Å². The lowest BCUT2D eigenvalue weighted by Crippen LogP contribution is -2.54. The van der Waals surface area contributed by atoms with Gasteiger partial charge < -0.3 is 14.2 Å². The summed E-state index contributed by atoms with van der Waals surface area (Å²) in [6, 6.07) is 9.00. The number of amides is 2. The molecular weight excluding hydrogens is 392 g/mol. The van der Waals surface area contributed by atoms with E-state index in [-0.39, 0.29) is 17.5 Å². The molecule has 0 radical (unpaired) electrons. The average Bonchev–Trinajstić information content (AvgIpc) is 3.10. The monoisotopic (exact) mass is 410 g/mol. The van der Waals surface area contributed by atoms with E-state index < -0.39 is 11.8 Å². The lowest BCUT2D eigenvalue weighted by Gasteiger charge is -2.29. The summed E-state index contributed by atoms with van der Waals surface area (Å²) in [5.41, 5.74) is 3.02. The summed E-state index contributed by atoms with van der Waals surface area (Å²) in [6.45, 7) is 3.97. The smallest absolute Gasteiger partial charge is 0.270 e. The fraction of sp³-hybridized carbons (Fsp3) is 0.190. The molecule has 0 bridgehead atoms. The normalized spacial score (nSPS) is 17.0. The van der Waals surface area contributed by atoms with E-state index in [4.69, 9.17) is 26.4 Å². The van der Waals surface area contributed by atoms with Gasteiger partial charge in [-0.1, -0.05) is 6.07 Å². The fourth-order valence-electron chi connectivity index (χ4n) is 3.36. The van der Waals surface area contributed by atoms with Crippen molar-refractivity contribution < 1.29 is 23.8 Å². The Bertz CT molecular complexity index is 1070. The molecule has 7 nitrogen and oxygen atoms in total. The number of carbonyl (C=O) groups is 2. The zero-order valence-corrected chi connectivity index (χ0v) is 16.9. The minimum Gasteiger partial charge on any atom is -0.496 e. The van der Waals surface area contributed by atoms with Crippen molar-refractivity contribution in [3.63, 3.8) is 0 Å². The number of ether oxygens (including phenoxy) is 3. The molecular formula is C21H18N2O5S. The van der Waals surface area contributed by atoms with E-state index in [0.717, 1.165) is 11.1 Å². The molecule has 2 aromatic carbocycles. The average molecular weight is 410 g/mol. The highest BCUT2D eigenvalue weighted by Crippen LogP contribution is 2.39. The summed E-state index contributed by atoms with van der Waals surface area (Å²) >= 11 is 5.27. The van der Waals surface area contributed by atoms with Gasteiger partial charge >= 0.3 is 0 Å². The second kappa shape index (κ2) is 7.21. The Balaban J connectivity index is 1.78. The molecule has 1 saturated heterocycles. The highest BCUT2D eigenvalue weighted by atomic mass is 32.1. The molecule has 0 saturated carbocycles. The highest BCUT2D eigenvalue weighted by molar-refractivity contribution is 7.80. The number of nitrogens with zero attached hydrogens (tertiary/aromatic N) is 1. The van der Waals surface area contributed by atoms with Crippen molar-refractivity contribution in [2.24, 2.45) is 0 Å². The van der Waals surface area contributed by atoms with E-state index in [9.17, 15) is 9.59 Å². The van der Waals surface area contributed by atoms with Gasteiger partial charge in [0.15, 0.2) is 16.6 Å². The predicted molar refractivity (Wildman–Crippen MR) is 111 cm³/mol. The van der Waals surface area contributed by atoms with Crippen LogP contribution < -0.4 is 24.4 Å². The number of nitrogens with one attached hydrogen (secondary N) is 1. The summed E-state index contributed by atoms with van der Waals surface area (Å²) in [5.74, 6) is 0.432. The standard InChI is InChI=1S/C21H18N2O5S/c1-11-4-12(2)6-14(5-11)23-20(25)15(19(24)22-21(23)29)7-13-8-17-18(28-10-27-17)9-16(13)26-3/h4-9H,10H2,1-3H3,(H,22,24,29)/b15-7-.